The highest BCUT2D eigenvalue weighted by Crippen LogP contribution is 2.47. The van der Waals surface area contributed by atoms with E-state index in [-0.39, 0.29) is 29.3 Å². The van der Waals surface area contributed by atoms with Gasteiger partial charge in [0.25, 0.3) is 5.56 Å². The fraction of sp³-hybridized carbons (Fsp3) is 0.208. The standard InChI is InChI=1S/C24H20N5O7P/c30-14-8-6-13(7-9-14)20-26-17-21(29(20)23-18(31)19-16(35-23)11-34-37(33)36-19)27-24-25-15(10-28(24)22(17)32)12-4-2-1-3-5-12/h1-10,16,18-19,23,30-31,33H,11H2,(H,25,27)/t16?,18-,19+,23+,37?/m0/s1. The number of ether oxygens (including phenoxy) is 1. The Labute approximate surface area is 209 Å². The Kier molecular flexibility index (Phi) is 5.15. The second-order valence-electron chi connectivity index (χ2n) is 8.83. The molecule has 2 aromatic carbocycles. The summed E-state index contributed by atoms with van der Waals surface area (Å²) in [7, 11) is -2.13. The highest BCUT2D eigenvalue weighted by atomic mass is 31.2. The minimum absolute atomic E-state index is 0.0407. The number of hydrogen-bond donors (Lipinski definition) is 4. The SMILES string of the molecule is O=c1c2nc(-c3ccc(O)cc3)n([C@@H]3OC4COP(O)O[C@H]4[C@@H]3O)c2nc2[nH]c(-c3ccccc3)cn12. The van der Waals surface area contributed by atoms with Gasteiger partial charge in [0, 0.05) is 11.8 Å². The van der Waals surface area contributed by atoms with E-state index < -0.39 is 38.7 Å². The number of phenols is 1. The number of rotatable bonds is 3. The van der Waals surface area contributed by atoms with Gasteiger partial charge in [-0.2, -0.15) is 4.98 Å². The molecule has 5 heterocycles. The van der Waals surface area contributed by atoms with E-state index in [1.807, 2.05) is 30.3 Å². The third-order valence-electron chi connectivity index (χ3n) is 6.59. The molecular formula is C24H20N5O7P. The van der Waals surface area contributed by atoms with E-state index in [4.69, 9.17) is 18.8 Å². The topological polar surface area (TPSA) is 156 Å². The smallest absolute Gasteiger partial charge is 0.330 e. The van der Waals surface area contributed by atoms with E-state index in [9.17, 15) is 19.9 Å². The summed E-state index contributed by atoms with van der Waals surface area (Å²) in [5, 5.41) is 21.0. The molecule has 3 aromatic heterocycles. The maximum Gasteiger partial charge on any atom is 0.330 e. The summed E-state index contributed by atoms with van der Waals surface area (Å²) in [5.74, 6) is 0.667. The molecule has 5 atom stereocenters. The Morgan fingerprint density at radius 3 is 2.62 bits per heavy atom. The zero-order chi connectivity index (χ0) is 25.3. The molecule has 0 radical (unpaired) electrons. The molecule has 188 valence electrons. The number of aromatic amines is 1. The van der Waals surface area contributed by atoms with Crippen molar-refractivity contribution in [1.29, 1.82) is 0 Å². The Morgan fingerprint density at radius 1 is 1.05 bits per heavy atom. The van der Waals surface area contributed by atoms with Gasteiger partial charge in [0.1, 0.15) is 29.9 Å². The molecule has 2 fully saturated rings. The van der Waals surface area contributed by atoms with Gasteiger partial charge in [-0.15, -0.1) is 0 Å². The lowest BCUT2D eigenvalue weighted by molar-refractivity contribution is -0.0581. The van der Waals surface area contributed by atoms with Crippen molar-refractivity contribution in [2.24, 2.45) is 0 Å². The third-order valence-corrected chi connectivity index (χ3v) is 7.38. The van der Waals surface area contributed by atoms with E-state index in [2.05, 4.69) is 9.97 Å². The van der Waals surface area contributed by atoms with Crippen molar-refractivity contribution < 1.29 is 28.9 Å². The Morgan fingerprint density at radius 2 is 1.84 bits per heavy atom. The molecule has 2 unspecified atom stereocenters. The summed E-state index contributed by atoms with van der Waals surface area (Å²) >= 11 is 0. The molecule has 13 heteroatoms. The molecule has 2 aliphatic heterocycles. The number of aliphatic hydroxyl groups is 1. The van der Waals surface area contributed by atoms with Gasteiger partial charge in [0.15, 0.2) is 17.4 Å². The van der Waals surface area contributed by atoms with Gasteiger partial charge in [-0.1, -0.05) is 30.3 Å². The fourth-order valence-corrected chi connectivity index (χ4v) is 5.62. The van der Waals surface area contributed by atoms with Gasteiger partial charge < -0.3 is 33.9 Å². The lowest BCUT2D eigenvalue weighted by Crippen LogP contribution is -2.38. The summed E-state index contributed by atoms with van der Waals surface area (Å²) in [6, 6.07) is 15.8. The lowest BCUT2D eigenvalue weighted by atomic mass is 10.1. The maximum atomic E-state index is 13.6. The van der Waals surface area contributed by atoms with Gasteiger partial charge in [-0.25, -0.2) is 9.38 Å². The van der Waals surface area contributed by atoms with Crippen molar-refractivity contribution in [1.82, 2.24) is 23.9 Å². The molecule has 0 saturated carbocycles. The van der Waals surface area contributed by atoms with Gasteiger partial charge in [0.2, 0.25) is 5.78 Å². The van der Waals surface area contributed by atoms with Crippen LogP contribution in [0.2, 0.25) is 0 Å². The molecule has 5 aromatic rings. The highest BCUT2D eigenvalue weighted by Gasteiger charge is 2.50. The van der Waals surface area contributed by atoms with E-state index in [0.29, 0.717) is 17.1 Å². The quantitative estimate of drug-likeness (QED) is 0.262. The number of H-pyrrole nitrogens is 1. The number of phenolic OH excluding ortho intramolecular Hbond substituents is 1. The molecule has 0 spiro atoms. The first-order chi connectivity index (χ1) is 18.0. The van der Waals surface area contributed by atoms with E-state index >= 15 is 0 Å². The fourth-order valence-electron chi connectivity index (χ4n) is 4.82. The first-order valence-electron chi connectivity index (χ1n) is 11.5. The molecule has 37 heavy (non-hydrogen) atoms. The number of aromatic nitrogens is 5. The van der Waals surface area contributed by atoms with Crippen LogP contribution in [-0.2, 0) is 13.8 Å². The molecule has 12 nitrogen and oxygen atoms in total. The van der Waals surface area contributed by atoms with Crippen LogP contribution in [0.15, 0.2) is 65.6 Å². The molecule has 2 aliphatic rings. The normalized spacial score (nSPS) is 25.6. The van der Waals surface area contributed by atoms with Crippen molar-refractivity contribution in [2.45, 2.75) is 24.5 Å². The van der Waals surface area contributed by atoms with Crippen LogP contribution in [0.1, 0.15) is 6.23 Å². The van der Waals surface area contributed by atoms with Crippen LogP contribution in [0, 0.1) is 0 Å². The minimum Gasteiger partial charge on any atom is -0.508 e. The van der Waals surface area contributed by atoms with Crippen molar-refractivity contribution in [3.05, 3.63) is 71.1 Å². The largest absolute Gasteiger partial charge is 0.508 e. The summed E-state index contributed by atoms with van der Waals surface area (Å²) in [4.78, 5) is 35.9. The van der Waals surface area contributed by atoms with Crippen LogP contribution in [0.5, 0.6) is 5.75 Å². The molecule has 2 saturated heterocycles. The maximum absolute atomic E-state index is 13.6. The number of nitrogens with zero attached hydrogens (tertiary/aromatic N) is 4. The second-order valence-corrected chi connectivity index (χ2v) is 9.77. The molecule has 0 aliphatic carbocycles. The molecule has 7 rings (SSSR count). The minimum atomic E-state index is -2.13. The lowest BCUT2D eigenvalue weighted by Gasteiger charge is -2.27. The van der Waals surface area contributed by atoms with Gasteiger partial charge in [0.05, 0.1) is 12.3 Å². The van der Waals surface area contributed by atoms with Crippen molar-refractivity contribution in [3.63, 3.8) is 0 Å². The van der Waals surface area contributed by atoms with E-state index in [1.54, 1.807) is 22.9 Å². The van der Waals surface area contributed by atoms with Crippen LogP contribution in [0.3, 0.4) is 0 Å². The average molecular weight is 521 g/mol. The molecule has 4 N–H and O–H groups in total. The first kappa shape index (κ1) is 22.5. The zero-order valence-electron chi connectivity index (χ0n) is 19.0. The van der Waals surface area contributed by atoms with Gasteiger partial charge >= 0.3 is 8.60 Å². The monoisotopic (exact) mass is 521 g/mol. The Hall–Kier alpha value is -3.64. The number of aromatic hydroxyl groups is 1. The number of aliphatic hydroxyl groups excluding tert-OH is 1. The number of imidazole rings is 2. The van der Waals surface area contributed by atoms with Crippen LogP contribution in [-0.4, -0.2) is 63.9 Å². The highest BCUT2D eigenvalue weighted by molar-refractivity contribution is 7.40. The summed E-state index contributed by atoms with van der Waals surface area (Å²) in [5.41, 5.74) is 2.03. The van der Waals surface area contributed by atoms with Crippen LogP contribution in [0.25, 0.3) is 39.6 Å². The van der Waals surface area contributed by atoms with Gasteiger partial charge in [-0.3, -0.25) is 9.36 Å². The summed E-state index contributed by atoms with van der Waals surface area (Å²) in [6.45, 7) is 0.0407. The van der Waals surface area contributed by atoms with E-state index in [1.165, 1.54) is 16.5 Å². The average Bonchev–Trinajstić information content (AvgIpc) is 3.59. The third kappa shape index (κ3) is 3.57. The van der Waals surface area contributed by atoms with Crippen LogP contribution < -0.4 is 5.56 Å². The van der Waals surface area contributed by atoms with Crippen molar-refractivity contribution in [3.8, 4) is 28.4 Å². The van der Waals surface area contributed by atoms with Crippen molar-refractivity contribution >= 4 is 25.5 Å². The zero-order valence-corrected chi connectivity index (χ0v) is 19.9. The predicted molar refractivity (Wildman–Crippen MR) is 132 cm³/mol. The summed E-state index contributed by atoms with van der Waals surface area (Å²) < 4.78 is 19.7. The Bertz CT molecular complexity index is 1680. The summed E-state index contributed by atoms with van der Waals surface area (Å²) in [6.07, 6.45) is -2.05. The van der Waals surface area contributed by atoms with E-state index in [0.717, 1.165) is 5.56 Å². The number of benzene rings is 2. The number of hydrogen-bond acceptors (Lipinski definition) is 9. The number of nitrogens with one attached hydrogen (secondary N) is 1. The predicted octanol–water partition coefficient (Wildman–Crippen LogP) is 2.30. The first-order valence-corrected chi connectivity index (χ1v) is 12.6. The molecular weight excluding hydrogens is 501 g/mol. The van der Waals surface area contributed by atoms with Crippen molar-refractivity contribution in [2.75, 3.05) is 6.61 Å². The molecule has 0 amide bonds. The van der Waals surface area contributed by atoms with Crippen LogP contribution >= 0.6 is 8.60 Å². The van der Waals surface area contributed by atoms with Crippen LogP contribution in [0.4, 0.5) is 0 Å². The molecule has 0 bridgehead atoms. The number of fused-ring (bicyclic) bond motifs is 3. The van der Waals surface area contributed by atoms with Gasteiger partial charge in [-0.05, 0) is 29.8 Å². The second kappa shape index (κ2) is 8.45. The Balaban J connectivity index is 1.45.